The quantitative estimate of drug-likeness (QED) is 0.169. The van der Waals surface area contributed by atoms with E-state index in [1.54, 1.807) is 0 Å². The van der Waals surface area contributed by atoms with E-state index in [9.17, 15) is 0 Å². The third-order valence-electron chi connectivity index (χ3n) is 11.4. The number of para-hydroxylation sites is 1. The van der Waals surface area contributed by atoms with Crippen molar-refractivity contribution in [3.05, 3.63) is 112 Å². The lowest BCUT2D eigenvalue weighted by Gasteiger charge is -2.44. The van der Waals surface area contributed by atoms with E-state index in [0.29, 0.717) is 0 Å². The first kappa shape index (κ1) is 32.8. The molecule has 6 aromatic rings. The molecular formula is C46H47BN2O3. The lowest BCUT2D eigenvalue weighted by Crippen LogP contribution is -2.61. The highest BCUT2D eigenvalue weighted by Gasteiger charge is 2.48. The third-order valence-corrected chi connectivity index (χ3v) is 11.4. The first-order chi connectivity index (χ1) is 24.6. The van der Waals surface area contributed by atoms with E-state index in [1.807, 2.05) is 0 Å². The van der Waals surface area contributed by atoms with Crippen LogP contribution in [-0.2, 0) is 10.8 Å². The van der Waals surface area contributed by atoms with Gasteiger partial charge < -0.3 is 23.7 Å². The van der Waals surface area contributed by atoms with Gasteiger partial charge in [0.2, 0.25) is 6.79 Å². The summed E-state index contributed by atoms with van der Waals surface area (Å²) >= 11 is 0. The van der Waals surface area contributed by atoms with Gasteiger partial charge in [-0.3, -0.25) is 0 Å². The third kappa shape index (κ3) is 4.62. The first-order valence-corrected chi connectivity index (χ1v) is 18.6. The van der Waals surface area contributed by atoms with Gasteiger partial charge in [-0.25, -0.2) is 0 Å². The van der Waals surface area contributed by atoms with Gasteiger partial charge in [-0.15, -0.1) is 0 Å². The largest absolute Gasteiger partial charge is 0.468 e. The van der Waals surface area contributed by atoms with Gasteiger partial charge in [-0.05, 0) is 126 Å². The molecule has 0 saturated carbocycles. The summed E-state index contributed by atoms with van der Waals surface area (Å²) in [5, 5.41) is 1.13. The second kappa shape index (κ2) is 11.0. The summed E-state index contributed by atoms with van der Waals surface area (Å²) in [6, 6.07) is 27.3. The molecule has 0 bridgehead atoms. The Bertz CT molecular complexity index is 2470. The predicted molar refractivity (Wildman–Crippen MR) is 217 cm³/mol. The summed E-state index contributed by atoms with van der Waals surface area (Å²) in [7, 11) is 0. The van der Waals surface area contributed by atoms with Gasteiger partial charge in [0, 0.05) is 28.0 Å². The monoisotopic (exact) mass is 686 g/mol. The van der Waals surface area contributed by atoms with Crippen LogP contribution in [0.15, 0.2) is 77.2 Å². The smallest absolute Gasteiger partial charge is 0.297 e. The number of nitrogens with zero attached hydrogens (tertiary/aromatic N) is 2. The molecule has 4 heterocycles. The van der Waals surface area contributed by atoms with Gasteiger partial charge in [0.15, 0.2) is 11.5 Å². The van der Waals surface area contributed by atoms with E-state index in [-0.39, 0.29) is 24.3 Å². The Hall–Kier alpha value is -5.10. The lowest BCUT2D eigenvalue weighted by atomic mass is 9.35. The number of fused-ring (bicyclic) bond motifs is 7. The number of rotatable bonds is 2. The van der Waals surface area contributed by atoms with Gasteiger partial charge in [0.05, 0.1) is 22.7 Å². The number of furan rings is 1. The van der Waals surface area contributed by atoms with Crippen LogP contribution in [-0.4, -0.2) is 13.5 Å². The summed E-state index contributed by atoms with van der Waals surface area (Å²) < 4.78 is 19.1. The van der Waals surface area contributed by atoms with E-state index >= 15 is 0 Å². The summed E-state index contributed by atoms with van der Waals surface area (Å²) in [6.07, 6.45) is 0. The van der Waals surface area contributed by atoms with E-state index in [1.165, 1.54) is 55.8 Å². The van der Waals surface area contributed by atoms with Crippen molar-refractivity contribution in [1.29, 1.82) is 0 Å². The molecule has 3 aliphatic heterocycles. The minimum absolute atomic E-state index is 0.0341. The van der Waals surface area contributed by atoms with Crippen LogP contribution < -0.4 is 35.9 Å². The van der Waals surface area contributed by atoms with E-state index in [4.69, 9.17) is 13.9 Å². The zero-order chi connectivity index (χ0) is 36.6. The van der Waals surface area contributed by atoms with Crippen LogP contribution in [0.2, 0.25) is 0 Å². The van der Waals surface area contributed by atoms with E-state index < -0.39 is 0 Å². The zero-order valence-electron chi connectivity index (χ0n) is 32.3. The Morgan fingerprint density at radius 1 is 0.615 bits per heavy atom. The molecule has 3 aliphatic rings. The maximum absolute atomic E-state index is 7.11. The van der Waals surface area contributed by atoms with Crippen molar-refractivity contribution in [3.63, 3.8) is 0 Å². The molecule has 9 rings (SSSR count). The molecular weight excluding hydrogens is 639 g/mol. The molecule has 0 spiro atoms. The highest BCUT2D eigenvalue weighted by Crippen LogP contribution is 2.52. The summed E-state index contributed by atoms with van der Waals surface area (Å²) in [5.74, 6) is 1.63. The van der Waals surface area contributed by atoms with Crippen LogP contribution in [0.5, 0.6) is 11.5 Å². The van der Waals surface area contributed by atoms with Crippen molar-refractivity contribution in [3.8, 4) is 11.5 Å². The van der Waals surface area contributed by atoms with Gasteiger partial charge in [0.1, 0.15) is 5.58 Å². The second-order valence-electron chi connectivity index (χ2n) is 17.3. The van der Waals surface area contributed by atoms with Crippen LogP contribution in [0.4, 0.5) is 34.1 Å². The van der Waals surface area contributed by atoms with Crippen LogP contribution in [0.3, 0.4) is 0 Å². The molecule has 0 saturated heterocycles. The fraction of sp³-hybridized carbons (Fsp3) is 0.304. The SMILES string of the molecule is Cc1cc2c3c(c1)N(c1c(C)cc(C(C)(C)C)cc1C)c1c(oc4ccccc14)B3c1cc(C(C)(C)C)ccc1N2c1c(C)cc2c(c1C)OCO2. The zero-order valence-corrected chi connectivity index (χ0v) is 32.3. The maximum Gasteiger partial charge on any atom is 0.297 e. The molecule has 1 aromatic heterocycles. The standard InChI is InChI=1S/C46H47BN2O3/c1-25-18-35-39-36(19-25)49(40-26(2)20-31(21-27(40)3)46(9,10)11)42-32-14-12-13-15-37(32)52-44(42)47(39)33-23-30(45(6,7)8)16-17-34(33)48(35)41-28(4)22-38-43(29(41)5)51-24-50-38/h12-23H,24H2,1-11H3. The summed E-state index contributed by atoms with van der Waals surface area (Å²) in [6.45, 7) is 25.0. The fourth-order valence-corrected chi connectivity index (χ4v) is 8.95. The molecule has 52 heavy (non-hydrogen) atoms. The molecule has 0 N–H and O–H groups in total. The first-order valence-electron chi connectivity index (χ1n) is 18.6. The molecule has 5 nitrogen and oxygen atoms in total. The minimum Gasteiger partial charge on any atom is -0.468 e. The number of aryl methyl sites for hydroxylation is 4. The molecule has 0 unspecified atom stereocenters. The Balaban J connectivity index is 1.43. The average Bonchev–Trinajstić information content (AvgIpc) is 3.70. The molecule has 0 atom stereocenters. The number of anilines is 6. The van der Waals surface area contributed by atoms with Crippen molar-refractivity contribution in [2.45, 2.75) is 87.0 Å². The maximum atomic E-state index is 7.11. The number of benzene rings is 5. The molecule has 0 amide bonds. The summed E-state index contributed by atoms with van der Waals surface area (Å²) in [4.78, 5) is 5.02. The van der Waals surface area contributed by atoms with Crippen LogP contribution in [0.1, 0.15) is 80.5 Å². The Morgan fingerprint density at radius 3 is 1.96 bits per heavy atom. The predicted octanol–water partition coefficient (Wildman–Crippen LogP) is 10.4. The van der Waals surface area contributed by atoms with Crippen molar-refractivity contribution in [1.82, 2.24) is 0 Å². The van der Waals surface area contributed by atoms with Gasteiger partial charge in [0.25, 0.3) is 6.71 Å². The highest BCUT2D eigenvalue weighted by atomic mass is 16.7. The van der Waals surface area contributed by atoms with Crippen LogP contribution >= 0.6 is 0 Å². The molecule has 262 valence electrons. The molecule has 0 fully saturated rings. The van der Waals surface area contributed by atoms with Crippen molar-refractivity contribution in [2.75, 3.05) is 16.6 Å². The Labute approximate surface area is 308 Å². The van der Waals surface area contributed by atoms with Crippen LogP contribution in [0.25, 0.3) is 11.0 Å². The topological polar surface area (TPSA) is 38.1 Å². The Morgan fingerprint density at radius 2 is 1.27 bits per heavy atom. The van der Waals surface area contributed by atoms with Gasteiger partial charge in [-0.2, -0.15) is 0 Å². The number of hydrogen-bond acceptors (Lipinski definition) is 5. The minimum atomic E-state index is -0.109. The normalized spacial score (nSPS) is 14.6. The highest BCUT2D eigenvalue weighted by molar-refractivity contribution is 7.00. The van der Waals surface area contributed by atoms with Crippen molar-refractivity contribution >= 4 is 68.4 Å². The molecule has 0 aliphatic carbocycles. The molecule has 0 radical (unpaired) electrons. The van der Waals surface area contributed by atoms with Gasteiger partial charge in [-0.1, -0.05) is 77.9 Å². The Kier molecular flexibility index (Phi) is 6.91. The van der Waals surface area contributed by atoms with Crippen molar-refractivity contribution in [2.24, 2.45) is 0 Å². The van der Waals surface area contributed by atoms with Gasteiger partial charge >= 0.3 is 0 Å². The summed E-state index contributed by atoms with van der Waals surface area (Å²) in [5.41, 5.74) is 19.9. The number of hydrogen-bond donors (Lipinski definition) is 0. The fourth-order valence-electron chi connectivity index (χ4n) is 8.95. The number of ether oxygens (including phenoxy) is 2. The van der Waals surface area contributed by atoms with Crippen molar-refractivity contribution < 1.29 is 13.9 Å². The average molecular weight is 687 g/mol. The van der Waals surface area contributed by atoms with E-state index in [2.05, 4.69) is 159 Å². The molecule has 5 aromatic carbocycles. The lowest BCUT2D eigenvalue weighted by molar-refractivity contribution is 0.173. The van der Waals surface area contributed by atoms with E-state index in [0.717, 1.165) is 56.3 Å². The van der Waals surface area contributed by atoms with Crippen LogP contribution in [0, 0.1) is 34.6 Å². The second-order valence-corrected chi connectivity index (χ2v) is 17.3. The molecule has 6 heteroatoms.